The fourth-order valence-electron chi connectivity index (χ4n) is 0.874. The van der Waals surface area contributed by atoms with Crippen molar-refractivity contribution >= 4 is 27.9 Å². The van der Waals surface area contributed by atoms with Gasteiger partial charge in [-0.15, -0.1) is 0 Å². The largest absolute Gasteiger partial charge is 0.545 e. The smallest absolute Gasteiger partial charge is 0.321 e. The van der Waals surface area contributed by atoms with Gasteiger partial charge in [0, 0.05) is 5.56 Å². The molecule has 0 unspecified atom stereocenters. The normalized spacial score (nSPS) is 9.50. The zero-order valence-electron chi connectivity index (χ0n) is 7.03. The molecule has 1 rings (SSSR count). The number of aromatic carboxylic acids is 1. The summed E-state index contributed by atoms with van der Waals surface area (Å²) >= 11 is 2.90. The molecule has 0 atom stereocenters. The van der Waals surface area contributed by atoms with Crippen LogP contribution in [-0.2, 0) is 4.79 Å². The fourth-order valence-corrected chi connectivity index (χ4v) is 0.989. The Bertz CT molecular complexity index is 362. The van der Waals surface area contributed by atoms with Gasteiger partial charge in [-0.2, -0.15) is 0 Å². The summed E-state index contributed by atoms with van der Waals surface area (Å²) in [4.78, 5) is 21.5. The van der Waals surface area contributed by atoms with Gasteiger partial charge in [0.2, 0.25) is 0 Å². The number of halogens is 1. The Labute approximate surface area is 88.6 Å². The highest BCUT2D eigenvalue weighted by Crippen LogP contribution is 2.17. The molecule has 0 saturated carbocycles. The van der Waals surface area contributed by atoms with E-state index in [2.05, 4.69) is 15.9 Å². The monoisotopic (exact) mass is 257 g/mol. The molecular weight excluding hydrogens is 252 g/mol. The van der Waals surface area contributed by atoms with E-state index in [4.69, 9.17) is 4.74 Å². The van der Waals surface area contributed by atoms with Crippen LogP contribution in [0.2, 0.25) is 0 Å². The van der Waals surface area contributed by atoms with Gasteiger partial charge in [0.1, 0.15) is 11.1 Å². The highest BCUT2D eigenvalue weighted by molar-refractivity contribution is 9.09. The highest BCUT2D eigenvalue weighted by atomic mass is 79.9. The molecule has 0 aliphatic carbocycles. The molecule has 0 radical (unpaired) electrons. The molecule has 4 nitrogen and oxygen atoms in total. The number of hydrogen-bond donors (Lipinski definition) is 0. The zero-order chi connectivity index (χ0) is 10.6. The van der Waals surface area contributed by atoms with E-state index in [-0.39, 0.29) is 16.6 Å². The van der Waals surface area contributed by atoms with E-state index in [9.17, 15) is 14.7 Å². The lowest BCUT2D eigenvalue weighted by Gasteiger charge is -2.08. The predicted molar refractivity (Wildman–Crippen MR) is 50.2 cm³/mol. The Morgan fingerprint density at radius 3 is 2.57 bits per heavy atom. The Hall–Kier alpha value is -1.36. The first-order chi connectivity index (χ1) is 6.65. The quantitative estimate of drug-likeness (QED) is 0.445. The molecule has 0 aliphatic rings. The molecule has 0 heterocycles. The topological polar surface area (TPSA) is 66.4 Å². The molecule has 74 valence electrons. The first kappa shape index (κ1) is 10.7. The number of rotatable bonds is 3. The summed E-state index contributed by atoms with van der Waals surface area (Å²) in [7, 11) is 0. The predicted octanol–water partition coefficient (Wildman–Crippen LogP) is 0.350. The van der Waals surface area contributed by atoms with Gasteiger partial charge in [0.05, 0.1) is 5.97 Å². The SMILES string of the molecule is O=C(CBr)Oc1ccccc1C(=O)[O-]. The molecule has 0 N–H and O–H groups in total. The Morgan fingerprint density at radius 1 is 1.36 bits per heavy atom. The van der Waals surface area contributed by atoms with Crippen molar-refractivity contribution in [2.45, 2.75) is 0 Å². The van der Waals surface area contributed by atoms with Crippen LogP contribution in [0.5, 0.6) is 5.75 Å². The number of benzene rings is 1. The molecule has 0 aliphatic heterocycles. The van der Waals surface area contributed by atoms with Crippen molar-refractivity contribution in [2.75, 3.05) is 5.33 Å². The molecule has 1 aromatic carbocycles. The van der Waals surface area contributed by atoms with Crippen LogP contribution in [0.25, 0.3) is 0 Å². The van der Waals surface area contributed by atoms with E-state index in [1.165, 1.54) is 18.2 Å². The lowest BCUT2D eigenvalue weighted by atomic mass is 10.2. The van der Waals surface area contributed by atoms with E-state index in [0.717, 1.165) is 0 Å². The summed E-state index contributed by atoms with van der Waals surface area (Å²) in [5, 5.41) is 10.6. The molecule has 0 spiro atoms. The van der Waals surface area contributed by atoms with Crippen molar-refractivity contribution in [3.8, 4) is 5.75 Å². The number of para-hydroxylation sites is 1. The average molecular weight is 258 g/mol. The van der Waals surface area contributed by atoms with Crippen molar-refractivity contribution in [2.24, 2.45) is 0 Å². The molecule has 14 heavy (non-hydrogen) atoms. The lowest BCUT2D eigenvalue weighted by Crippen LogP contribution is -2.23. The van der Waals surface area contributed by atoms with Gasteiger partial charge in [-0.3, -0.25) is 4.79 Å². The first-order valence-electron chi connectivity index (χ1n) is 3.72. The van der Waals surface area contributed by atoms with Crippen LogP contribution in [0.1, 0.15) is 10.4 Å². The third kappa shape index (κ3) is 2.56. The minimum absolute atomic E-state index is 0.00282. The van der Waals surface area contributed by atoms with Crippen molar-refractivity contribution in [1.82, 2.24) is 0 Å². The third-order valence-electron chi connectivity index (χ3n) is 1.44. The zero-order valence-corrected chi connectivity index (χ0v) is 8.61. The van der Waals surface area contributed by atoms with E-state index in [0.29, 0.717) is 0 Å². The number of carbonyl (C=O) groups is 2. The number of esters is 1. The third-order valence-corrected chi connectivity index (χ3v) is 1.90. The maximum atomic E-state index is 10.9. The summed E-state index contributed by atoms with van der Waals surface area (Å²) in [5.41, 5.74) is -0.137. The van der Waals surface area contributed by atoms with Crippen molar-refractivity contribution in [1.29, 1.82) is 0 Å². The van der Waals surface area contributed by atoms with Crippen LogP contribution >= 0.6 is 15.9 Å². The molecule has 5 heteroatoms. The van der Waals surface area contributed by atoms with Gasteiger partial charge in [0.25, 0.3) is 0 Å². The van der Waals surface area contributed by atoms with Gasteiger partial charge >= 0.3 is 5.97 Å². The van der Waals surface area contributed by atoms with Crippen LogP contribution < -0.4 is 9.84 Å². The van der Waals surface area contributed by atoms with Crippen LogP contribution in [-0.4, -0.2) is 17.3 Å². The van der Waals surface area contributed by atoms with Gasteiger partial charge in [0.15, 0.2) is 0 Å². The van der Waals surface area contributed by atoms with Crippen molar-refractivity contribution in [3.63, 3.8) is 0 Å². The minimum Gasteiger partial charge on any atom is -0.545 e. The van der Waals surface area contributed by atoms with E-state index < -0.39 is 11.9 Å². The number of carboxylic acids is 1. The number of alkyl halides is 1. The number of carboxylic acid groups (broad SMARTS) is 1. The van der Waals surface area contributed by atoms with Gasteiger partial charge in [-0.25, -0.2) is 0 Å². The molecule has 0 bridgehead atoms. The van der Waals surface area contributed by atoms with E-state index in [1.807, 2.05) is 0 Å². The molecule has 1 aromatic rings. The number of ether oxygens (including phenoxy) is 1. The fraction of sp³-hybridized carbons (Fsp3) is 0.111. The first-order valence-corrected chi connectivity index (χ1v) is 4.84. The van der Waals surface area contributed by atoms with Crippen LogP contribution in [0, 0.1) is 0 Å². The molecule has 0 aromatic heterocycles. The minimum atomic E-state index is -1.37. The van der Waals surface area contributed by atoms with Crippen LogP contribution in [0.3, 0.4) is 0 Å². The lowest BCUT2D eigenvalue weighted by molar-refractivity contribution is -0.255. The summed E-state index contributed by atoms with van der Waals surface area (Å²) in [6.07, 6.45) is 0. The van der Waals surface area contributed by atoms with Gasteiger partial charge in [-0.1, -0.05) is 28.1 Å². The standard InChI is InChI=1S/C9H7BrO4/c10-5-8(11)14-7-4-2-1-3-6(7)9(12)13/h1-4H,5H2,(H,12,13)/p-1. The molecule has 0 fully saturated rings. The Morgan fingerprint density at radius 2 is 2.00 bits per heavy atom. The molecule has 0 saturated heterocycles. The summed E-state index contributed by atoms with van der Waals surface area (Å²) < 4.78 is 4.75. The van der Waals surface area contributed by atoms with E-state index >= 15 is 0 Å². The second kappa shape index (κ2) is 4.76. The summed E-state index contributed by atoms with van der Waals surface area (Å²) in [6, 6.07) is 5.80. The van der Waals surface area contributed by atoms with E-state index in [1.54, 1.807) is 6.07 Å². The highest BCUT2D eigenvalue weighted by Gasteiger charge is 2.07. The Kier molecular flexibility index (Phi) is 3.64. The number of hydrogen-bond acceptors (Lipinski definition) is 4. The molecular formula is C9H6BrO4-. The van der Waals surface area contributed by atoms with Gasteiger partial charge in [-0.05, 0) is 12.1 Å². The maximum Gasteiger partial charge on any atom is 0.321 e. The average Bonchev–Trinajstić information content (AvgIpc) is 2.18. The Balaban J connectivity index is 2.95. The molecule has 0 amide bonds. The maximum absolute atomic E-state index is 10.9. The summed E-state index contributed by atoms with van der Waals surface area (Å²) in [6.45, 7) is 0. The van der Waals surface area contributed by atoms with Crippen LogP contribution in [0.15, 0.2) is 24.3 Å². The second-order valence-electron chi connectivity index (χ2n) is 2.39. The van der Waals surface area contributed by atoms with Crippen molar-refractivity contribution in [3.05, 3.63) is 29.8 Å². The summed E-state index contributed by atoms with van der Waals surface area (Å²) in [5.74, 6) is -1.93. The van der Waals surface area contributed by atoms with Crippen LogP contribution in [0.4, 0.5) is 0 Å². The van der Waals surface area contributed by atoms with Gasteiger partial charge < -0.3 is 14.6 Å². The van der Waals surface area contributed by atoms with Crippen molar-refractivity contribution < 1.29 is 19.4 Å². The second-order valence-corrected chi connectivity index (χ2v) is 2.95. The number of carbonyl (C=O) groups excluding carboxylic acids is 2.